The molecule has 0 saturated carbocycles. The molecule has 0 bridgehead atoms. The molecule has 1 aliphatic heterocycles. The number of rotatable bonds is 4. The number of nitrogens with one attached hydrogen (secondary N) is 2. The van der Waals surface area contributed by atoms with Gasteiger partial charge < -0.3 is 15.4 Å². The van der Waals surface area contributed by atoms with E-state index >= 15 is 0 Å². The summed E-state index contributed by atoms with van der Waals surface area (Å²) < 4.78 is 5.20. The average Bonchev–Trinajstić information content (AvgIpc) is 2.29. The summed E-state index contributed by atoms with van der Waals surface area (Å²) in [5.41, 5.74) is 0. The highest BCUT2D eigenvalue weighted by Gasteiger charge is 2.22. The molecule has 0 aliphatic carbocycles. The number of terminal acetylenes is 1. The van der Waals surface area contributed by atoms with Crippen LogP contribution in [0, 0.1) is 12.3 Å². The van der Waals surface area contributed by atoms with Gasteiger partial charge >= 0.3 is 0 Å². The first-order chi connectivity index (χ1) is 7.27. The molecule has 2 unspecified atom stereocenters. The minimum Gasteiger partial charge on any atom is -0.378 e. The van der Waals surface area contributed by atoms with Gasteiger partial charge in [0.2, 0.25) is 5.91 Å². The third-order valence-corrected chi connectivity index (χ3v) is 2.33. The standard InChI is InChI=1S/C11H18N2O2/c1-3-5-9(4-2)13-11(14)10-8-15-7-6-12-10/h2,9-10,12H,3,5-8H2,1H3,(H,13,14). The first-order valence-corrected chi connectivity index (χ1v) is 5.35. The summed E-state index contributed by atoms with van der Waals surface area (Å²) in [5, 5.41) is 5.90. The molecule has 0 aromatic carbocycles. The molecular weight excluding hydrogens is 192 g/mol. The van der Waals surface area contributed by atoms with E-state index in [-0.39, 0.29) is 18.0 Å². The molecule has 1 rings (SSSR count). The molecule has 0 radical (unpaired) electrons. The van der Waals surface area contributed by atoms with Crippen LogP contribution in [0.3, 0.4) is 0 Å². The molecule has 0 spiro atoms. The van der Waals surface area contributed by atoms with E-state index in [2.05, 4.69) is 16.6 Å². The monoisotopic (exact) mass is 210 g/mol. The van der Waals surface area contributed by atoms with E-state index in [1.165, 1.54) is 0 Å². The summed E-state index contributed by atoms with van der Waals surface area (Å²) in [5.74, 6) is 2.51. The van der Waals surface area contributed by atoms with Crippen molar-refractivity contribution in [1.29, 1.82) is 0 Å². The Balaban J connectivity index is 2.36. The fourth-order valence-corrected chi connectivity index (χ4v) is 1.49. The van der Waals surface area contributed by atoms with Gasteiger partial charge in [-0.2, -0.15) is 0 Å². The minimum absolute atomic E-state index is 0.0638. The van der Waals surface area contributed by atoms with Gasteiger partial charge in [-0.1, -0.05) is 19.3 Å². The second kappa shape index (κ2) is 6.44. The van der Waals surface area contributed by atoms with Gasteiger partial charge in [-0.15, -0.1) is 6.42 Å². The highest BCUT2D eigenvalue weighted by molar-refractivity contribution is 5.82. The third-order valence-electron chi connectivity index (χ3n) is 2.33. The predicted octanol–water partition coefficient (Wildman–Crippen LogP) is -0.107. The summed E-state index contributed by atoms with van der Waals surface area (Å²) in [6.45, 7) is 3.84. The van der Waals surface area contributed by atoms with Crippen LogP contribution < -0.4 is 10.6 Å². The molecular formula is C11H18N2O2. The van der Waals surface area contributed by atoms with Crippen molar-refractivity contribution in [3.8, 4) is 12.3 Å². The number of hydrogen-bond acceptors (Lipinski definition) is 3. The van der Waals surface area contributed by atoms with E-state index in [4.69, 9.17) is 11.2 Å². The highest BCUT2D eigenvalue weighted by atomic mass is 16.5. The normalized spacial score (nSPS) is 22.8. The molecule has 1 aliphatic rings. The van der Waals surface area contributed by atoms with Gasteiger partial charge in [0.25, 0.3) is 0 Å². The van der Waals surface area contributed by atoms with Crippen molar-refractivity contribution in [2.75, 3.05) is 19.8 Å². The molecule has 2 atom stereocenters. The van der Waals surface area contributed by atoms with Crippen LogP contribution in [0.25, 0.3) is 0 Å². The second-order valence-corrected chi connectivity index (χ2v) is 3.60. The van der Waals surface area contributed by atoms with E-state index in [1.807, 2.05) is 6.92 Å². The van der Waals surface area contributed by atoms with Crippen molar-refractivity contribution in [1.82, 2.24) is 10.6 Å². The largest absolute Gasteiger partial charge is 0.378 e. The molecule has 0 aromatic rings. The smallest absolute Gasteiger partial charge is 0.240 e. The maximum Gasteiger partial charge on any atom is 0.240 e. The van der Waals surface area contributed by atoms with Crippen LogP contribution in [0.2, 0.25) is 0 Å². The fourth-order valence-electron chi connectivity index (χ4n) is 1.49. The third kappa shape index (κ3) is 3.90. The summed E-state index contributed by atoms with van der Waals surface area (Å²) in [6.07, 6.45) is 7.10. The van der Waals surface area contributed by atoms with Crippen molar-refractivity contribution in [2.45, 2.75) is 31.8 Å². The quantitative estimate of drug-likeness (QED) is 0.637. The molecule has 1 fully saturated rings. The Morgan fingerprint density at radius 1 is 1.80 bits per heavy atom. The van der Waals surface area contributed by atoms with Crippen LogP contribution in [0.15, 0.2) is 0 Å². The summed E-state index contributed by atoms with van der Waals surface area (Å²) in [6, 6.07) is -0.419. The van der Waals surface area contributed by atoms with Gasteiger partial charge in [0, 0.05) is 6.54 Å². The molecule has 0 aromatic heterocycles. The number of carbonyl (C=O) groups is 1. The van der Waals surface area contributed by atoms with E-state index < -0.39 is 0 Å². The van der Waals surface area contributed by atoms with Crippen LogP contribution in [0.5, 0.6) is 0 Å². The first-order valence-electron chi connectivity index (χ1n) is 5.35. The Hall–Kier alpha value is -1.05. The molecule has 4 heteroatoms. The summed E-state index contributed by atoms with van der Waals surface area (Å²) in [4.78, 5) is 11.7. The fraction of sp³-hybridized carbons (Fsp3) is 0.727. The van der Waals surface area contributed by atoms with E-state index in [9.17, 15) is 4.79 Å². The van der Waals surface area contributed by atoms with Crippen LogP contribution >= 0.6 is 0 Å². The molecule has 1 saturated heterocycles. The van der Waals surface area contributed by atoms with E-state index in [0.717, 1.165) is 12.8 Å². The minimum atomic E-state index is -0.258. The van der Waals surface area contributed by atoms with Gasteiger partial charge in [-0.25, -0.2) is 0 Å². The van der Waals surface area contributed by atoms with Crippen LogP contribution in [0.4, 0.5) is 0 Å². The molecule has 4 nitrogen and oxygen atoms in total. The summed E-state index contributed by atoms with van der Waals surface area (Å²) >= 11 is 0. The van der Waals surface area contributed by atoms with E-state index in [1.54, 1.807) is 0 Å². The van der Waals surface area contributed by atoms with Crippen molar-refractivity contribution >= 4 is 5.91 Å². The Bertz CT molecular complexity index is 241. The van der Waals surface area contributed by atoms with Crippen molar-refractivity contribution < 1.29 is 9.53 Å². The van der Waals surface area contributed by atoms with Gasteiger partial charge in [-0.3, -0.25) is 4.79 Å². The van der Waals surface area contributed by atoms with Crippen LogP contribution in [0.1, 0.15) is 19.8 Å². The van der Waals surface area contributed by atoms with Gasteiger partial charge in [-0.05, 0) is 6.42 Å². The number of amides is 1. The number of morpholine rings is 1. The second-order valence-electron chi connectivity index (χ2n) is 3.60. The van der Waals surface area contributed by atoms with Crippen molar-refractivity contribution in [2.24, 2.45) is 0 Å². The van der Waals surface area contributed by atoms with Gasteiger partial charge in [0.1, 0.15) is 6.04 Å². The zero-order valence-corrected chi connectivity index (χ0v) is 9.08. The maximum atomic E-state index is 11.7. The molecule has 1 amide bonds. The lowest BCUT2D eigenvalue weighted by Crippen LogP contribution is -2.53. The SMILES string of the molecule is C#CC(CCC)NC(=O)C1COCCN1. The summed E-state index contributed by atoms with van der Waals surface area (Å²) in [7, 11) is 0. The molecule has 15 heavy (non-hydrogen) atoms. The highest BCUT2D eigenvalue weighted by Crippen LogP contribution is 1.98. The Morgan fingerprint density at radius 2 is 2.60 bits per heavy atom. The van der Waals surface area contributed by atoms with Crippen molar-refractivity contribution in [3.05, 3.63) is 0 Å². The van der Waals surface area contributed by atoms with Gasteiger partial charge in [0.15, 0.2) is 0 Å². The topological polar surface area (TPSA) is 50.4 Å². The Kier molecular flexibility index (Phi) is 5.16. The lowest BCUT2D eigenvalue weighted by atomic mass is 10.1. The van der Waals surface area contributed by atoms with Gasteiger partial charge in [0.05, 0.1) is 19.3 Å². The van der Waals surface area contributed by atoms with Crippen LogP contribution in [-0.2, 0) is 9.53 Å². The Morgan fingerprint density at radius 3 is 3.13 bits per heavy atom. The van der Waals surface area contributed by atoms with E-state index in [0.29, 0.717) is 19.8 Å². The zero-order valence-electron chi connectivity index (χ0n) is 9.08. The molecule has 84 valence electrons. The van der Waals surface area contributed by atoms with Crippen LogP contribution in [-0.4, -0.2) is 37.7 Å². The first kappa shape index (κ1) is 12.0. The lowest BCUT2D eigenvalue weighted by Gasteiger charge is -2.24. The maximum absolute atomic E-state index is 11.7. The average molecular weight is 210 g/mol. The van der Waals surface area contributed by atoms with Crippen molar-refractivity contribution in [3.63, 3.8) is 0 Å². The zero-order chi connectivity index (χ0) is 11.1. The predicted molar refractivity (Wildman–Crippen MR) is 58.3 cm³/mol. The lowest BCUT2D eigenvalue weighted by molar-refractivity contribution is -0.126. The number of carbonyl (C=O) groups excluding carboxylic acids is 1. The Labute approximate surface area is 90.8 Å². The molecule has 1 heterocycles. The number of ether oxygens (including phenoxy) is 1. The molecule has 2 N–H and O–H groups in total. The number of hydrogen-bond donors (Lipinski definition) is 2.